The van der Waals surface area contributed by atoms with Crippen LogP contribution in [0.1, 0.15) is 39.0 Å². The van der Waals surface area contributed by atoms with Crippen LogP contribution in [0.2, 0.25) is 0 Å². The van der Waals surface area contributed by atoms with E-state index in [-0.39, 0.29) is 25.7 Å². The summed E-state index contributed by atoms with van der Waals surface area (Å²) in [4.78, 5) is 11.2. The van der Waals surface area contributed by atoms with Gasteiger partial charge in [-0.3, -0.25) is 4.79 Å². The van der Waals surface area contributed by atoms with Crippen molar-refractivity contribution in [1.29, 1.82) is 0 Å². The fourth-order valence-electron chi connectivity index (χ4n) is 2.07. The number of carbonyl (C=O) groups is 1. The topological polar surface area (TPSA) is 85.2 Å². The van der Waals surface area contributed by atoms with Gasteiger partial charge in [-0.2, -0.15) is 0 Å². The molecular weight excluding hydrogens is 276 g/mol. The second-order valence-corrected chi connectivity index (χ2v) is 5.02. The van der Waals surface area contributed by atoms with Crippen molar-refractivity contribution < 1.29 is 29.2 Å². The molecule has 0 aromatic heterocycles. The summed E-state index contributed by atoms with van der Waals surface area (Å²) in [6.45, 7) is 3.08. The van der Waals surface area contributed by atoms with E-state index in [2.05, 4.69) is 0 Å². The quantitative estimate of drug-likeness (QED) is 0.491. The molecule has 0 aliphatic carbocycles. The van der Waals surface area contributed by atoms with Crippen molar-refractivity contribution in [3.05, 3.63) is 12.2 Å². The number of rotatable bonds is 9. The fraction of sp³-hybridized carbons (Fsp3) is 0.800. The number of esters is 1. The van der Waals surface area contributed by atoms with E-state index in [0.29, 0.717) is 6.61 Å². The number of aliphatic hydroxyl groups is 2. The van der Waals surface area contributed by atoms with E-state index in [1.165, 1.54) is 0 Å². The summed E-state index contributed by atoms with van der Waals surface area (Å²) in [6, 6.07) is 0. The minimum atomic E-state index is -0.911. The maximum absolute atomic E-state index is 11.2. The Morgan fingerprint density at radius 2 is 2.24 bits per heavy atom. The molecule has 0 radical (unpaired) electrons. The van der Waals surface area contributed by atoms with Crippen molar-refractivity contribution in [3.8, 4) is 0 Å². The highest BCUT2D eigenvalue weighted by molar-refractivity contribution is 5.69. The highest BCUT2D eigenvalue weighted by Crippen LogP contribution is 2.13. The molecule has 0 saturated carbocycles. The molecule has 1 rings (SSSR count). The first kappa shape index (κ1) is 18.1. The van der Waals surface area contributed by atoms with Gasteiger partial charge in [0.05, 0.1) is 31.8 Å². The highest BCUT2D eigenvalue weighted by Gasteiger charge is 2.15. The summed E-state index contributed by atoms with van der Waals surface area (Å²) in [5, 5.41) is 19.3. The van der Waals surface area contributed by atoms with E-state index >= 15 is 0 Å². The van der Waals surface area contributed by atoms with Gasteiger partial charge in [0, 0.05) is 13.0 Å². The van der Waals surface area contributed by atoms with Gasteiger partial charge in [-0.1, -0.05) is 12.2 Å². The Kier molecular flexibility index (Phi) is 9.25. The average Bonchev–Trinajstić information content (AvgIpc) is 2.44. The summed E-state index contributed by atoms with van der Waals surface area (Å²) in [7, 11) is 0. The van der Waals surface area contributed by atoms with Gasteiger partial charge in [0.15, 0.2) is 6.29 Å². The molecule has 1 aliphatic heterocycles. The molecule has 1 saturated heterocycles. The Labute approximate surface area is 125 Å². The van der Waals surface area contributed by atoms with Crippen LogP contribution < -0.4 is 0 Å². The molecule has 0 amide bonds. The molecule has 122 valence electrons. The lowest BCUT2D eigenvalue weighted by Gasteiger charge is -2.22. The summed E-state index contributed by atoms with van der Waals surface area (Å²) in [6.07, 6.45) is 4.43. The molecule has 1 aliphatic rings. The molecule has 21 heavy (non-hydrogen) atoms. The molecule has 3 unspecified atom stereocenters. The molecule has 0 aromatic carbocycles. The van der Waals surface area contributed by atoms with Crippen molar-refractivity contribution >= 4 is 5.97 Å². The van der Waals surface area contributed by atoms with Crippen LogP contribution in [0, 0.1) is 0 Å². The second-order valence-electron chi connectivity index (χ2n) is 5.02. The molecule has 0 spiro atoms. The van der Waals surface area contributed by atoms with E-state index in [1.54, 1.807) is 19.1 Å². The highest BCUT2D eigenvalue weighted by atomic mass is 16.7. The Morgan fingerprint density at radius 1 is 1.43 bits per heavy atom. The number of hydrogen-bond donors (Lipinski definition) is 2. The predicted molar refractivity (Wildman–Crippen MR) is 76.6 cm³/mol. The maximum atomic E-state index is 11.2. The van der Waals surface area contributed by atoms with Crippen LogP contribution in [0.15, 0.2) is 12.2 Å². The van der Waals surface area contributed by atoms with Crippen LogP contribution in [0.25, 0.3) is 0 Å². The van der Waals surface area contributed by atoms with Gasteiger partial charge in [-0.05, 0) is 26.2 Å². The lowest BCUT2D eigenvalue weighted by atomic mass is 10.1. The van der Waals surface area contributed by atoms with Crippen molar-refractivity contribution in [2.45, 2.75) is 57.5 Å². The third-order valence-electron chi connectivity index (χ3n) is 3.10. The van der Waals surface area contributed by atoms with E-state index in [9.17, 15) is 15.0 Å². The van der Waals surface area contributed by atoms with Crippen molar-refractivity contribution in [3.63, 3.8) is 0 Å². The first-order chi connectivity index (χ1) is 10.1. The lowest BCUT2D eigenvalue weighted by Crippen LogP contribution is -2.22. The van der Waals surface area contributed by atoms with Gasteiger partial charge in [-0.25, -0.2) is 0 Å². The Hall–Kier alpha value is -0.950. The zero-order valence-electron chi connectivity index (χ0n) is 12.6. The smallest absolute Gasteiger partial charge is 0.308 e. The zero-order chi connectivity index (χ0) is 15.5. The molecule has 3 atom stereocenters. The summed E-state index contributed by atoms with van der Waals surface area (Å²) in [5.41, 5.74) is 0. The second kappa shape index (κ2) is 10.7. The van der Waals surface area contributed by atoms with Crippen LogP contribution in [0.5, 0.6) is 0 Å². The van der Waals surface area contributed by atoms with Gasteiger partial charge < -0.3 is 24.4 Å². The normalized spacial score (nSPS) is 22.1. The van der Waals surface area contributed by atoms with Gasteiger partial charge in [0.2, 0.25) is 0 Å². The Bertz CT molecular complexity index is 311. The minimum absolute atomic E-state index is 0.0925. The van der Waals surface area contributed by atoms with Crippen molar-refractivity contribution in [2.75, 3.05) is 19.8 Å². The predicted octanol–water partition coefficient (Wildman–Crippen LogP) is 1.15. The third kappa shape index (κ3) is 8.83. The molecule has 0 aromatic rings. The van der Waals surface area contributed by atoms with Crippen LogP contribution >= 0.6 is 0 Å². The maximum Gasteiger partial charge on any atom is 0.308 e. The molecule has 6 nitrogen and oxygen atoms in total. The fourth-order valence-corrected chi connectivity index (χ4v) is 2.07. The molecule has 1 fully saturated rings. The number of aliphatic hydroxyl groups excluding tert-OH is 2. The molecule has 6 heteroatoms. The first-order valence-corrected chi connectivity index (χ1v) is 7.53. The largest absolute Gasteiger partial charge is 0.466 e. The van der Waals surface area contributed by atoms with Gasteiger partial charge in [-0.15, -0.1) is 0 Å². The van der Waals surface area contributed by atoms with Crippen LogP contribution in [-0.4, -0.2) is 54.5 Å². The molecule has 1 heterocycles. The monoisotopic (exact) mass is 302 g/mol. The van der Waals surface area contributed by atoms with E-state index in [1.807, 2.05) is 0 Å². The minimum Gasteiger partial charge on any atom is -0.466 e. The SMILES string of the molecule is CCOC(=O)CC(O)CC(O)/C=C/COC1CCCCO1. The van der Waals surface area contributed by atoms with Crippen LogP contribution in [0.4, 0.5) is 0 Å². The van der Waals surface area contributed by atoms with Crippen LogP contribution in [0.3, 0.4) is 0 Å². The van der Waals surface area contributed by atoms with Gasteiger partial charge in [0.1, 0.15) is 0 Å². The van der Waals surface area contributed by atoms with Gasteiger partial charge in [0.25, 0.3) is 0 Å². The van der Waals surface area contributed by atoms with Crippen molar-refractivity contribution in [2.24, 2.45) is 0 Å². The van der Waals surface area contributed by atoms with Crippen LogP contribution in [-0.2, 0) is 19.0 Å². The van der Waals surface area contributed by atoms with Crippen molar-refractivity contribution in [1.82, 2.24) is 0 Å². The Balaban J connectivity index is 2.12. The molecular formula is C15H26O6. The Morgan fingerprint density at radius 3 is 2.90 bits per heavy atom. The average molecular weight is 302 g/mol. The summed E-state index contributed by atoms with van der Waals surface area (Å²) in [5.74, 6) is -0.459. The first-order valence-electron chi connectivity index (χ1n) is 7.53. The summed E-state index contributed by atoms with van der Waals surface area (Å²) >= 11 is 0. The zero-order valence-corrected chi connectivity index (χ0v) is 12.6. The van der Waals surface area contributed by atoms with E-state index in [4.69, 9.17) is 14.2 Å². The van der Waals surface area contributed by atoms with E-state index < -0.39 is 18.2 Å². The standard InChI is InChI=1S/C15H26O6/c1-2-19-14(18)11-13(17)10-12(16)6-5-9-21-15-7-3-4-8-20-15/h5-6,12-13,15-17H,2-4,7-11H2,1H3/b6-5+. The third-order valence-corrected chi connectivity index (χ3v) is 3.10. The molecule has 2 N–H and O–H groups in total. The van der Waals surface area contributed by atoms with E-state index in [0.717, 1.165) is 25.9 Å². The molecule has 0 bridgehead atoms. The summed E-state index contributed by atoms with van der Waals surface area (Å²) < 4.78 is 15.6. The number of ether oxygens (including phenoxy) is 3. The number of hydrogen-bond acceptors (Lipinski definition) is 6. The lowest BCUT2D eigenvalue weighted by molar-refractivity contribution is -0.155. The van der Waals surface area contributed by atoms with Gasteiger partial charge >= 0.3 is 5.97 Å². The number of carbonyl (C=O) groups excluding carboxylic acids is 1.